The van der Waals surface area contributed by atoms with Gasteiger partial charge in [-0.25, -0.2) is 12.7 Å². The predicted octanol–water partition coefficient (Wildman–Crippen LogP) is 1.11. The average molecular weight is 424 g/mol. The molecule has 2 aliphatic heterocycles. The molecule has 0 aromatic heterocycles. The van der Waals surface area contributed by atoms with Gasteiger partial charge in [0.05, 0.1) is 19.0 Å². The zero-order valence-corrected chi connectivity index (χ0v) is 17.9. The molecule has 1 aromatic rings. The molecule has 0 bridgehead atoms. The van der Waals surface area contributed by atoms with Gasteiger partial charge in [-0.2, -0.15) is 0 Å². The zero-order chi connectivity index (χ0) is 20.5. The van der Waals surface area contributed by atoms with Crippen LogP contribution in [-0.4, -0.2) is 81.8 Å². The second-order valence-electron chi connectivity index (χ2n) is 7.82. The third kappa shape index (κ3) is 7.06. The van der Waals surface area contributed by atoms with Crippen molar-refractivity contribution in [2.24, 2.45) is 5.92 Å². The van der Waals surface area contributed by atoms with Crippen molar-refractivity contribution >= 4 is 15.9 Å². The molecule has 0 unspecified atom stereocenters. The van der Waals surface area contributed by atoms with Crippen LogP contribution in [0.25, 0.3) is 0 Å². The van der Waals surface area contributed by atoms with Crippen molar-refractivity contribution in [1.29, 1.82) is 0 Å². The van der Waals surface area contributed by atoms with Crippen molar-refractivity contribution in [2.45, 2.75) is 25.7 Å². The first-order valence-corrected chi connectivity index (χ1v) is 12.2. The third-order valence-corrected chi connectivity index (χ3v) is 7.72. The van der Waals surface area contributed by atoms with Gasteiger partial charge in [-0.05, 0) is 31.2 Å². The summed E-state index contributed by atoms with van der Waals surface area (Å²) in [5.41, 5.74) is 1.16. The van der Waals surface area contributed by atoms with Crippen molar-refractivity contribution in [3.63, 3.8) is 0 Å². The maximum atomic E-state index is 12.6. The highest BCUT2D eigenvalue weighted by molar-refractivity contribution is 7.89. The number of hydrogen-bond acceptors (Lipinski definition) is 5. The van der Waals surface area contributed by atoms with Crippen LogP contribution < -0.4 is 5.32 Å². The van der Waals surface area contributed by atoms with E-state index < -0.39 is 10.0 Å². The summed E-state index contributed by atoms with van der Waals surface area (Å²) in [7, 11) is -3.25. The first-order valence-electron chi connectivity index (χ1n) is 10.6. The van der Waals surface area contributed by atoms with Crippen LogP contribution in [0.3, 0.4) is 0 Å². The van der Waals surface area contributed by atoms with Gasteiger partial charge in [0.15, 0.2) is 0 Å². The lowest BCUT2D eigenvalue weighted by molar-refractivity contribution is -0.126. The van der Waals surface area contributed by atoms with Gasteiger partial charge in [0, 0.05) is 45.2 Å². The van der Waals surface area contributed by atoms with Crippen LogP contribution in [0.2, 0.25) is 0 Å². The molecule has 29 heavy (non-hydrogen) atoms. The minimum absolute atomic E-state index is 0.0550. The van der Waals surface area contributed by atoms with Gasteiger partial charge in [0.2, 0.25) is 15.9 Å². The van der Waals surface area contributed by atoms with Crippen molar-refractivity contribution in [2.75, 3.05) is 58.2 Å². The van der Waals surface area contributed by atoms with E-state index >= 15 is 0 Å². The second kappa shape index (κ2) is 11.1. The first-order chi connectivity index (χ1) is 14.0. The van der Waals surface area contributed by atoms with Crippen LogP contribution in [0.5, 0.6) is 0 Å². The van der Waals surface area contributed by atoms with Crippen LogP contribution in [-0.2, 0) is 26.0 Å². The Labute approximate surface area is 174 Å². The van der Waals surface area contributed by atoms with Crippen molar-refractivity contribution in [3.8, 4) is 0 Å². The molecular weight excluding hydrogens is 390 g/mol. The highest BCUT2D eigenvalue weighted by Gasteiger charge is 2.30. The third-order valence-electron chi connectivity index (χ3n) is 5.76. The quantitative estimate of drug-likeness (QED) is 0.644. The zero-order valence-electron chi connectivity index (χ0n) is 17.1. The minimum atomic E-state index is -3.25. The summed E-state index contributed by atoms with van der Waals surface area (Å²) in [6.45, 7) is 5.69. The number of hydrogen-bond donors (Lipinski definition) is 1. The fourth-order valence-corrected chi connectivity index (χ4v) is 5.47. The molecule has 0 aliphatic carbocycles. The van der Waals surface area contributed by atoms with Gasteiger partial charge in [-0.15, -0.1) is 0 Å². The van der Waals surface area contributed by atoms with Crippen LogP contribution >= 0.6 is 0 Å². The fraction of sp³-hybridized carbons (Fsp3) is 0.667. The smallest absolute Gasteiger partial charge is 0.223 e. The van der Waals surface area contributed by atoms with Gasteiger partial charge in [0.1, 0.15) is 0 Å². The number of carbonyl (C=O) groups excluding carboxylic acids is 1. The number of sulfonamides is 1. The number of nitrogens with zero attached hydrogens (tertiary/aromatic N) is 2. The van der Waals surface area contributed by atoms with Crippen LogP contribution in [0.15, 0.2) is 30.3 Å². The number of piperidine rings is 1. The monoisotopic (exact) mass is 423 g/mol. The Bertz CT molecular complexity index is 728. The summed E-state index contributed by atoms with van der Waals surface area (Å²) in [5.74, 6) is 0.132. The van der Waals surface area contributed by atoms with E-state index in [1.54, 1.807) is 4.31 Å². The summed E-state index contributed by atoms with van der Waals surface area (Å²) in [5, 5.41) is 3.02. The molecule has 2 aliphatic rings. The van der Waals surface area contributed by atoms with Gasteiger partial charge >= 0.3 is 0 Å². The van der Waals surface area contributed by atoms with Gasteiger partial charge in [0.25, 0.3) is 0 Å². The summed E-state index contributed by atoms with van der Waals surface area (Å²) < 4.78 is 32.1. The molecular formula is C21H33N3O4S. The van der Waals surface area contributed by atoms with Crippen LogP contribution in [0.4, 0.5) is 0 Å². The molecule has 162 valence electrons. The van der Waals surface area contributed by atoms with Crippen LogP contribution in [0.1, 0.15) is 24.8 Å². The Morgan fingerprint density at radius 3 is 2.45 bits per heavy atom. The average Bonchev–Trinajstić information content (AvgIpc) is 2.75. The number of aryl methyl sites for hydroxylation is 1. The van der Waals surface area contributed by atoms with E-state index in [1.165, 1.54) is 0 Å². The number of nitrogens with one attached hydrogen (secondary N) is 1. The summed E-state index contributed by atoms with van der Waals surface area (Å²) in [4.78, 5) is 14.7. The SMILES string of the molecule is O=C(NCCN1CCOCC1)C1CCN(S(=O)(=O)CCCc2ccccc2)CC1. The number of carbonyl (C=O) groups is 1. The van der Waals surface area contributed by atoms with Gasteiger partial charge in [-0.3, -0.25) is 9.69 Å². The molecule has 1 N–H and O–H groups in total. The highest BCUT2D eigenvalue weighted by atomic mass is 32.2. The molecule has 7 nitrogen and oxygen atoms in total. The van der Waals surface area contributed by atoms with Gasteiger partial charge < -0.3 is 10.1 Å². The predicted molar refractivity (Wildman–Crippen MR) is 113 cm³/mol. The Kier molecular flexibility index (Phi) is 8.47. The Balaban J connectivity index is 1.34. The van der Waals surface area contributed by atoms with Gasteiger partial charge in [-0.1, -0.05) is 30.3 Å². The molecule has 1 amide bonds. The lowest BCUT2D eigenvalue weighted by Crippen LogP contribution is -2.45. The molecule has 2 fully saturated rings. The molecule has 2 heterocycles. The van der Waals surface area contributed by atoms with Crippen molar-refractivity contribution < 1.29 is 17.9 Å². The van der Waals surface area contributed by atoms with Crippen molar-refractivity contribution in [1.82, 2.24) is 14.5 Å². The summed E-state index contributed by atoms with van der Waals surface area (Å²) in [6.07, 6.45) is 2.58. The Morgan fingerprint density at radius 1 is 1.07 bits per heavy atom. The van der Waals surface area contributed by atoms with E-state index in [0.29, 0.717) is 38.9 Å². The molecule has 8 heteroatoms. The fourth-order valence-electron chi connectivity index (χ4n) is 3.93. The molecule has 0 atom stereocenters. The molecule has 0 radical (unpaired) electrons. The van der Waals surface area contributed by atoms with E-state index in [0.717, 1.165) is 44.8 Å². The lowest BCUT2D eigenvalue weighted by Gasteiger charge is -2.31. The van der Waals surface area contributed by atoms with E-state index in [9.17, 15) is 13.2 Å². The maximum Gasteiger partial charge on any atom is 0.223 e. The van der Waals surface area contributed by atoms with E-state index in [2.05, 4.69) is 10.2 Å². The molecule has 1 aromatic carbocycles. The normalized spacial score (nSPS) is 19.9. The minimum Gasteiger partial charge on any atom is -0.379 e. The molecule has 2 saturated heterocycles. The highest BCUT2D eigenvalue weighted by Crippen LogP contribution is 2.20. The standard InChI is InChI=1S/C21H33N3O4S/c25-21(22-10-13-23-14-16-28-17-15-23)20-8-11-24(12-9-20)29(26,27)18-4-7-19-5-2-1-3-6-19/h1-3,5-6,20H,4,7-18H2,(H,22,25). The van der Waals surface area contributed by atoms with E-state index in [1.807, 2.05) is 30.3 Å². The molecule has 0 spiro atoms. The number of rotatable bonds is 9. The number of amides is 1. The van der Waals surface area contributed by atoms with E-state index in [4.69, 9.17) is 4.74 Å². The molecule has 0 saturated carbocycles. The van der Waals surface area contributed by atoms with Crippen LogP contribution in [0, 0.1) is 5.92 Å². The first kappa shape index (κ1) is 22.2. The summed E-state index contributed by atoms with van der Waals surface area (Å²) >= 11 is 0. The maximum absolute atomic E-state index is 12.6. The van der Waals surface area contributed by atoms with E-state index in [-0.39, 0.29) is 17.6 Å². The number of morpholine rings is 1. The number of ether oxygens (including phenoxy) is 1. The Morgan fingerprint density at radius 2 is 1.76 bits per heavy atom. The number of benzene rings is 1. The lowest BCUT2D eigenvalue weighted by atomic mass is 9.97. The molecule has 3 rings (SSSR count). The topological polar surface area (TPSA) is 79.0 Å². The summed E-state index contributed by atoms with van der Waals surface area (Å²) in [6, 6.07) is 9.95. The second-order valence-corrected chi connectivity index (χ2v) is 9.91. The van der Waals surface area contributed by atoms with Crippen molar-refractivity contribution in [3.05, 3.63) is 35.9 Å². The largest absolute Gasteiger partial charge is 0.379 e. The Hall–Kier alpha value is -1.48.